The van der Waals surface area contributed by atoms with E-state index < -0.39 is 5.78 Å². The molecule has 17 heavy (non-hydrogen) atoms. The molecule has 0 bridgehead atoms. The van der Waals surface area contributed by atoms with Gasteiger partial charge in [0.25, 0.3) is 0 Å². The normalized spacial score (nSPS) is 10.5. The summed E-state index contributed by atoms with van der Waals surface area (Å²) in [5, 5.41) is 0.426. The Balaban J connectivity index is 2.89. The lowest BCUT2D eigenvalue weighted by atomic mass is 10.1. The molecular weight excluding hydrogens is 236 g/mol. The van der Waals surface area contributed by atoms with Crippen molar-refractivity contribution in [1.82, 2.24) is 0 Å². The topological polar surface area (TPSA) is 47.3 Å². The molecule has 0 amide bonds. The molecule has 4 heteroatoms. The minimum Gasteiger partial charge on any atom is -0.451 e. The third-order valence-corrected chi connectivity index (χ3v) is 2.84. The third-order valence-electron chi connectivity index (χ3n) is 2.43. The molecule has 0 saturated heterocycles. The van der Waals surface area contributed by atoms with Crippen molar-refractivity contribution in [3.05, 3.63) is 52.4 Å². The Bertz CT molecular complexity index is 683. The van der Waals surface area contributed by atoms with E-state index in [1.807, 2.05) is 13.0 Å². The van der Waals surface area contributed by atoms with Gasteiger partial charge in [-0.3, -0.25) is 9.59 Å². The van der Waals surface area contributed by atoms with Crippen LogP contribution in [0.5, 0.6) is 0 Å². The lowest BCUT2D eigenvalue weighted by Gasteiger charge is -2.03. The Morgan fingerprint density at radius 3 is 2.82 bits per heavy atom. The van der Waals surface area contributed by atoms with Crippen molar-refractivity contribution >= 4 is 29.4 Å². The first kappa shape index (κ1) is 11.7. The van der Waals surface area contributed by atoms with Crippen LogP contribution >= 0.6 is 12.6 Å². The first-order valence-corrected chi connectivity index (χ1v) is 5.42. The number of fused-ring (bicyclic) bond motifs is 1. The lowest BCUT2D eigenvalue weighted by molar-refractivity contribution is 0.101. The molecule has 86 valence electrons. The number of benzene rings is 1. The largest absolute Gasteiger partial charge is 0.451 e. The van der Waals surface area contributed by atoms with Gasteiger partial charge in [0.2, 0.25) is 11.2 Å². The molecule has 1 aromatic heterocycles. The highest BCUT2D eigenvalue weighted by Gasteiger charge is 2.15. The van der Waals surface area contributed by atoms with Gasteiger partial charge >= 0.3 is 0 Å². The zero-order chi connectivity index (χ0) is 12.6. The molecule has 0 unspecified atom stereocenters. The van der Waals surface area contributed by atoms with E-state index in [9.17, 15) is 9.59 Å². The summed E-state index contributed by atoms with van der Waals surface area (Å²) in [6, 6.07) is 5.19. The van der Waals surface area contributed by atoms with E-state index in [-0.39, 0.29) is 16.1 Å². The van der Waals surface area contributed by atoms with Crippen molar-refractivity contribution in [2.45, 2.75) is 11.8 Å². The highest BCUT2D eigenvalue weighted by molar-refractivity contribution is 7.80. The first-order valence-electron chi connectivity index (χ1n) is 4.98. The lowest BCUT2D eigenvalue weighted by Crippen LogP contribution is -2.09. The van der Waals surface area contributed by atoms with Crippen LogP contribution in [0.3, 0.4) is 0 Å². The predicted octanol–water partition coefficient (Wildman–Crippen LogP) is 2.76. The second kappa shape index (κ2) is 4.22. The Morgan fingerprint density at radius 1 is 1.47 bits per heavy atom. The van der Waals surface area contributed by atoms with Gasteiger partial charge < -0.3 is 4.42 Å². The molecule has 2 rings (SSSR count). The number of rotatable bonds is 2. The van der Waals surface area contributed by atoms with Crippen LogP contribution in [0.15, 0.2) is 45.0 Å². The maximum absolute atomic E-state index is 12.0. The van der Waals surface area contributed by atoms with Gasteiger partial charge in [0, 0.05) is 0 Å². The van der Waals surface area contributed by atoms with E-state index in [1.165, 1.54) is 0 Å². The zero-order valence-electron chi connectivity index (χ0n) is 9.19. The van der Waals surface area contributed by atoms with Crippen molar-refractivity contribution in [3.63, 3.8) is 0 Å². The van der Waals surface area contributed by atoms with Crippen LogP contribution in [0.25, 0.3) is 11.0 Å². The number of carbonyl (C=O) groups excluding carboxylic acids is 1. The van der Waals surface area contributed by atoms with Gasteiger partial charge in [-0.2, -0.15) is 0 Å². The summed E-state index contributed by atoms with van der Waals surface area (Å²) in [4.78, 5) is 23.5. The van der Waals surface area contributed by atoms with Crippen LogP contribution in [-0.4, -0.2) is 5.78 Å². The van der Waals surface area contributed by atoms with Crippen LogP contribution in [-0.2, 0) is 0 Å². The van der Waals surface area contributed by atoms with E-state index in [2.05, 4.69) is 19.2 Å². The molecule has 2 aromatic rings. The number of aryl methyl sites for hydroxylation is 1. The summed E-state index contributed by atoms with van der Waals surface area (Å²) in [5.74, 6) is -0.515. The van der Waals surface area contributed by atoms with E-state index >= 15 is 0 Å². The smallest absolute Gasteiger partial charge is 0.221 e. The summed E-state index contributed by atoms with van der Waals surface area (Å²) in [5.41, 5.74) is 1.02. The van der Waals surface area contributed by atoms with Crippen molar-refractivity contribution in [3.8, 4) is 0 Å². The molecule has 0 N–H and O–H groups in total. The minimum absolute atomic E-state index is 0.0213. The second-order valence-electron chi connectivity index (χ2n) is 3.68. The van der Waals surface area contributed by atoms with Crippen LogP contribution in [0, 0.1) is 6.92 Å². The highest BCUT2D eigenvalue weighted by Crippen LogP contribution is 2.19. The van der Waals surface area contributed by atoms with Crippen molar-refractivity contribution in [2.24, 2.45) is 0 Å². The monoisotopic (exact) mass is 246 g/mol. The van der Waals surface area contributed by atoms with Gasteiger partial charge in [-0.1, -0.05) is 18.2 Å². The number of thiol groups is 1. The van der Waals surface area contributed by atoms with Gasteiger partial charge in [0.15, 0.2) is 5.76 Å². The Morgan fingerprint density at radius 2 is 2.18 bits per heavy atom. The Kier molecular flexibility index (Phi) is 2.90. The Labute approximate surface area is 103 Å². The molecule has 0 saturated carbocycles. The van der Waals surface area contributed by atoms with Crippen LogP contribution in [0.1, 0.15) is 16.1 Å². The maximum atomic E-state index is 12.0. The predicted molar refractivity (Wildman–Crippen MR) is 69.0 cm³/mol. The third kappa shape index (κ3) is 1.91. The van der Waals surface area contributed by atoms with Crippen LogP contribution < -0.4 is 5.43 Å². The summed E-state index contributed by atoms with van der Waals surface area (Å²) in [6.45, 7) is 5.23. The average molecular weight is 246 g/mol. The average Bonchev–Trinajstić information content (AvgIpc) is 2.33. The van der Waals surface area contributed by atoms with Gasteiger partial charge in [0.05, 0.1) is 10.3 Å². The Hall–Kier alpha value is -1.81. The molecule has 0 aliphatic rings. The number of carbonyl (C=O) groups is 1. The standard InChI is InChI=1S/C13H10O3S/c1-3-9(14)12-13(17)11(15)8-6-7(2)4-5-10(8)16-12/h3-6,17H,1H2,2H3. The van der Waals surface area contributed by atoms with Crippen LogP contribution in [0.4, 0.5) is 0 Å². The van der Waals surface area contributed by atoms with E-state index in [0.29, 0.717) is 11.0 Å². The number of hydrogen-bond donors (Lipinski definition) is 1. The molecular formula is C13H10O3S. The minimum atomic E-state index is -0.449. The van der Waals surface area contributed by atoms with Crippen LogP contribution in [0.2, 0.25) is 0 Å². The van der Waals surface area contributed by atoms with E-state index in [0.717, 1.165) is 11.6 Å². The quantitative estimate of drug-likeness (QED) is 0.503. The van der Waals surface area contributed by atoms with Gasteiger partial charge in [-0.25, -0.2) is 0 Å². The summed E-state index contributed by atoms with van der Waals surface area (Å²) in [7, 11) is 0. The first-order chi connectivity index (χ1) is 8.04. The van der Waals surface area contributed by atoms with Crippen molar-refractivity contribution < 1.29 is 9.21 Å². The number of allylic oxidation sites excluding steroid dienone is 1. The summed E-state index contributed by atoms with van der Waals surface area (Å²) in [6.07, 6.45) is 1.10. The zero-order valence-corrected chi connectivity index (χ0v) is 10.1. The molecule has 0 aliphatic carbocycles. The highest BCUT2D eigenvalue weighted by atomic mass is 32.1. The maximum Gasteiger partial charge on any atom is 0.221 e. The molecule has 1 heterocycles. The van der Waals surface area contributed by atoms with E-state index in [4.69, 9.17) is 4.42 Å². The summed E-state index contributed by atoms with van der Waals surface area (Å²) >= 11 is 4.04. The molecule has 1 aromatic carbocycles. The van der Waals surface area contributed by atoms with E-state index in [1.54, 1.807) is 12.1 Å². The fourth-order valence-corrected chi connectivity index (χ4v) is 1.84. The van der Waals surface area contributed by atoms with Gasteiger partial charge in [-0.15, -0.1) is 12.6 Å². The van der Waals surface area contributed by atoms with Crippen molar-refractivity contribution in [1.29, 1.82) is 0 Å². The molecule has 0 radical (unpaired) electrons. The molecule has 3 nitrogen and oxygen atoms in total. The molecule has 0 aliphatic heterocycles. The molecule has 0 fully saturated rings. The van der Waals surface area contributed by atoms with Gasteiger partial charge in [0.1, 0.15) is 5.58 Å². The SMILES string of the molecule is C=CC(=O)c1oc2ccc(C)cc2c(=O)c1S. The van der Waals surface area contributed by atoms with Crippen molar-refractivity contribution in [2.75, 3.05) is 0 Å². The summed E-state index contributed by atoms with van der Waals surface area (Å²) < 4.78 is 5.38. The molecule has 0 spiro atoms. The number of hydrogen-bond acceptors (Lipinski definition) is 4. The number of ketones is 1. The molecule has 0 atom stereocenters. The fraction of sp³-hybridized carbons (Fsp3) is 0.0769. The van der Waals surface area contributed by atoms with Gasteiger partial charge in [-0.05, 0) is 25.1 Å². The fourth-order valence-electron chi connectivity index (χ4n) is 1.56. The second-order valence-corrected chi connectivity index (χ2v) is 4.12.